The van der Waals surface area contributed by atoms with E-state index in [4.69, 9.17) is 4.98 Å². The molecule has 4 rings (SSSR count). The maximum Gasteiger partial charge on any atom is 0.162 e. The SMILES string of the molecule is Cn1ncc2c(Sc3ccccc3)nc(-c3ccccc3)nc21. The molecule has 0 aliphatic rings. The summed E-state index contributed by atoms with van der Waals surface area (Å²) < 4.78 is 1.79. The molecular formula is C18H14N4S. The Labute approximate surface area is 138 Å². The fourth-order valence-corrected chi connectivity index (χ4v) is 3.29. The summed E-state index contributed by atoms with van der Waals surface area (Å²) in [6, 6.07) is 20.3. The van der Waals surface area contributed by atoms with Crippen molar-refractivity contribution >= 4 is 22.8 Å². The first-order valence-corrected chi connectivity index (χ1v) is 8.11. The molecule has 0 N–H and O–H groups in total. The van der Waals surface area contributed by atoms with Crippen LogP contribution in [0.4, 0.5) is 0 Å². The van der Waals surface area contributed by atoms with E-state index < -0.39 is 0 Å². The Hall–Kier alpha value is -2.66. The van der Waals surface area contributed by atoms with Gasteiger partial charge in [0.25, 0.3) is 0 Å². The average Bonchev–Trinajstić information content (AvgIpc) is 2.98. The van der Waals surface area contributed by atoms with Gasteiger partial charge >= 0.3 is 0 Å². The molecule has 0 amide bonds. The van der Waals surface area contributed by atoms with Crippen molar-refractivity contribution in [2.75, 3.05) is 0 Å². The number of rotatable bonds is 3. The Balaban J connectivity index is 1.88. The normalized spacial score (nSPS) is 11.0. The van der Waals surface area contributed by atoms with Crippen molar-refractivity contribution < 1.29 is 0 Å². The van der Waals surface area contributed by atoms with Gasteiger partial charge in [-0.2, -0.15) is 5.10 Å². The number of aromatic nitrogens is 4. The minimum Gasteiger partial charge on any atom is -0.250 e. The van der Waals surface area contributed by atoms with Crippen molar-refractivity contribution in [1.29, 1.82) is 0 Å². The lowest BCUT2D eigenvalue weighted by molar-refractivity contribution is 0.785. The molecule has 0 bridgehead atoms. The number of aryl methyl sites for hydroxylation is 1. The molecule has 112 valence electrons. The topological polar surface area (TPSA) is 43.6 Å². The third-order valence-corrected chi connectivity index (χ3v) is 4.56. The molecule has 0 fully saturated rings. The fraction of sp³-hybridized carbons (Fsp3) is 0.0556. The van der Waals surface area contributed by atoms with E-state index in [1.54, 1.807) is 16.4 Å². The predicted octanol–water partition coefficient (Wildman–Crippen LogP) is 4.18. The van der Waals surface area contributed by atoms with E-state index in [9.17, 15) is 0 Å². The van der Waals surface area contributed by atoms with E-state index in [1.807, 2.05) is 61.8 Å². The number of fused-ring (bicyclic) bond motifs is 1. The molecule has 0 saturated carbocycles. The minimum atomic E-state index is 0.722. The van der Waals surface area contributed by atoms with E-state index in [1.165, 1.54) is 0 Å². The van der Waals surface area contributed by atoms with E-state index in [0.717, 1.165) is 32.3 Å². The highest BCUT2D eigenvalue weighted by Gasteiger charge is 2.13. The van der Waals surface area contributed by atoms with Gasteiger partial charge in [-0.15, -0.1) is 0 Å². The zero-order valence-corrected chi connectivity index (χ0v) is 13.4. The quantitative estimate of drug-likeness (QED) is 0.531. The summed E-state index contributed by atoms with van der Waals surface area (Å²) in [7, 11) is 1.90. The van der Waals surface area contributed by atoms with Gasteiger partial charge in [0.1, 0.15) is 5.03 Å². The standard InChI is InChI=1S/C18H14N4S/c1-22-17-15(12-19-22)18(23-14-10-6-3-7-11-14)21-16(20-17)13-8-4-2-5-9-13/h2-12H,1H3. The van der Waals surface area contributed by atoms with E-state index >= 15 is 0 Å². The minimum absolute atomic E-state index is 0.722. The van der Waals surface area contributed by atoms with Crippen molar-refractivity contribution in [1.82, 2.24) is 19.7 Å². The maximum atomic E-state index is 4.78. The zero-order chi connectivity index (χ0) is 15.6. The highest BCUT2D eigenvalue weighted by molar-refractivity contribution is 7.99. The Bertz CT molecular complexity index is 949. The van der Waals surface area contributed by atoms with Crippen LogP contribution in [0.25, 0.3) is 22.4 Å². The van der Waals surface area contributed by atoms with Gasteiger partial charge in [0.05, 0.1) is 11.6 Å². The first-order chi connectivity index (χ1) is 11.3. The number of benzene rings is 2. The van der Waals surface area contributed by atoms with Crippen molar-refractivity contribution in [3.05, 3.63) is 66.9 Å². The fourth-order valence-electron chi connectivity index (χ4n) is 2.39. The number of nitrogens with zero attached hydrogens (tertiary/aromatic N) is 4. The van der Waals surface area contributed by atoms with Gasteiger partial charge < -0.3 is 0 Å². The van der Waals surface area contributed by atoms with E-state index in [2.05, 4.69) is 22.2 Å². The summed E-state index contributed by atoms with van der Waals surface area (Å²) in [6.07, 6.45) is 1.83. The van der Waals surface area contributed by atoms with Crippen LogP contribution in [0.2, 0.25) is 0 Å². The van der Waals surface area contributed by atoms with Gasteiger partial charge in [0.2, 0.25) is 0 Å². The highest BCUT2D eigenvalue weighted by atomic mass is 32.2. The number of hydrogen-bond acceptors (Lipinski definition) is 4. The molecule has 0 radical (unpaired) electrons. The van der Waals surface area contributed by atoms with Gasteiger partial charge in [-0.1, -0.05) is 60.3 Å². The average molecular weight is 318 g/mol. The summed E-state index contributed by atoms with van der Waals surface area (Å²) in [6.45, 7) is 0. The summed E-state index contributed by atoms with van der Waals surface area (Å²) in [5.74, 6) is 0.722. The monoisotopic (exact) mass is 318 g/mol. The second-order valence-electron chi connectivity index (χ2n) is 5.14. The van der Waals surface area contributed by atoms with Crippen LogP contribution in [0.1, 0.15) is 0 Å². The largest absolute Gasteiger partial charge is 0.250 e. The van der Waals surface area contributed by atoms with Gasteiger partial charge in [-0.3, -0.25) is 4.68 Å². The molecular weight excluding hydrogens is 304 g/mol. The van der Waals surface area contributed by atoms with Gasteiger partial charge in [-0.05, 0) is 12.1 Å². The Morgan fingerprint density at radius 2 is 1.57 bits per heavy atom. The molecule has 2 aromatic heterocycles. The lowest BCUT2D eigenvalue weighted by Crippen LogP contribution is -1.97. The third kappa shape index (κ3) is 2.71. The second kappa shape index (κ2) is 5.85. The smallest absolute Gasteiger partial charge is 0.162 e. The highest BCUT2D eigenvalue weighted by Crippen LogP contribution is 2.32. The molecule has 0 aliphatic carbocycles. The van der Waals surface area contributed by atoms with Crippen molar-refractivity contribution in [2.45, 2.75) is 9.92 Å². The molecule has 0 aliphatic heterocycles. The summed E-state index contributed by atoms with van der Waals surface area (Å²) in [5.41, 5.74) is 1.85. The van der Waals surface area contributed by atoms with Gasteiger partial charge in [0, 0.05) is 17.5 Å². The summed E-state index contributed by atoms with van der Waals surface area (Å²) >= 11 is 1.63. The van der Waals surface area contributed by atoms with Crippen LogP contribution in [0.3, 0.4) is 0 Å². The molecule has 23 heavy (non-hydrogen) atoms. The van der Waals surface area contributed by atoms with Crippen LogP contribution in [0.5, 0.6) is 0 Å². The van der Waals surface area contributed by atoms with Crippen molar-refractivity contribution in [3.8, 4) is 11.4 Å². The Morgan fingerprint density at radius 1 is 0.870 bits per heavy atom. The van der Waals surface area contributed by atoms with Crippen LogP contribution in [-0.4, -0.2) is 19.7 Å². The maximum absolute atomic E-state index is 4.78. The van der Waals surface area contributed by atoms with Crippen LogP contribution in [0, 0.1) is 0 Å². The predicted molar refractivity (Wildman–Crippen MR) is 92.3 cm³/mol. The zero-order valence-electron chi connectivity index (χ0n) is 12.5. The number of hydrogen-bond donors (Lipinski definition) is 0. The van der Waals surface area contributed by atoms with Crippen LogP contribution in [0.15, 0.2) is 76.8 Å². The molecule has 4 nitrogen and oxygen atoms in total. The Morgan fingerprint density at radius 3 is 2.30 bits per heavy atom. The lowest BCUT2D eigenvalue weighted by Gasteiger charge is -2.06. The lowest BCUT2D eigenvalue weighted by atomic mass is 10.2. The van der Waals surface area contributed by atoms with Crippen molar-refractivity contribution in [2.24, 2.45) is 7.05 Å². The molecule has 0 spiro atoms. The summed E-state index contributed by atoms with van der Waals surface area (Å²) in [4.78, 5) is 10.6. The van der Waals surface area contributed by atoms with E-state index in [-0.39, 0.29) is 0 Å². The van der Waals surface area contributed by atoms with Crippen LogP contribution in [-0.2, 0) is 7.05 Å². The van der Waals surface area contributed by atoms with E-state index in [0.29, 0.717) is 0 Å². The molecule has 2 aromatic carbocycles. The summed E-state index contributed by atoms with van der Waals surface area (Å²) in [5, 5.41) is 6.23. The third-order valence-electron chi connectivity index (χ3n) is 3.55. The molecule has 2 heterocycles. The first kappa shape index (κ1) is 14.0. The molecule has 5 heteroatoms. The Kier molecular flexibility index (Phi) is 3.55. The second-order valence-corrected chi connectivity index (χ2v) is 6.20. The first-order valence-electron chi connectivity index (χ1n) is 7.29. The van der Waals surface area contributed by atoms with Crippen LogP contribution >= 0.6 is 11.8 Å². The molecule has 0 unspecified atom stereocenters. The van der Waals surface area contributed by atoms with Gasteiger partial charge in [0.15, 0.2) is 11.5 Å². The molecule has 0 atom stereocenters. The van der Waals surface area contributed by atoms with Crippen molar-refractivity contribution in [3.63, 3.8) is 0 Å². The molecule has 4 aromatic rings. The van der Waals surface area contributed by atoms with Crippen LogP contribution < -0.4 is 0 Å². The van der Waals surface area contributed by atoms with Gasteiger partial charge in [-0.25, -0.2) is 9.97 Å². The molecule has 0 saturated heterocycles.